The number of aromatic amines is 1. The van der Waals surface area contributed by atoms with Crippen LogP contribution >= 0.6 is 0 Å². The lowest BCUT2D eigenvalue weighted by Crippen LogP contribution is -2.09. The summed E-state index contributed by atoms with van der Waals surface area (Å²) in [4.78, 5) is 6.08. The van der Waals surface area contributed by atoms with Gasteiger partial charge in [0, 0.05) is 12.4 Å². The minimum atomic E-state index is -3.66. The van der Waals surface area contributed by atoms with Gasteiger partial charge < -0.3 is 4.98 Å². The maximum Gasteiger partial charge on any atom is 0.331 e. The molecule has 0 aliphatic heterocycles. The molecule has 0 saturated heterocycles. The molecule has 1 aromatic heterocycles. The molecule has 0 aliphatic carbocycles. The van der Waals surface area contributed by atoms with Crippen LogP contribution in [-0.2, 0) is 14.3 Å². The van der Waals surface area contributed by atoms with E-state index in [1.807, 2.05) is 6.92 Å². The fraction of sp³-hybridized carbons (Fsp3) is 0.571. The number of hydrogen-bond donors (Lipinski definition) is 1. The van der Waals surface area contributed by atoms with Crippen molar-refractivity contribution < 1.29 is 12.6 Å². The van der Waals surface area contributed by atoms with Crippen molar-refractivity contribution in [2.75, 3.05) is 6.61 Å². The van der Waals surface area contributed by atoms with Gasteiger partial charge in [-0.15, -0.1) is 0 Å². The largest absolute Gasteiger partial charge is 0.334 e. The van der Waals surface area contributed by atoms with Crippen LogP contribution in [0.4, 0.5) is 0 Å². The highest BCUT2D eigenvalue weighted by molar-refractivity contribution is 7.86. The molecule has 1 aromatic rings. The van der Waals surface area contributed by atoms with Crippen LogP contribution in [0, 0.1) is 0 Å². The van der Waals surface area contributed by atoms with Gasteiger partial charge in [0.25, 0.3) is 5.16 Å². The summed E-state index contributed by atoms with van der Waals surface area (Å²) in [7, 11) is -3.66. The molecule has 0 spiro atoms. The molecule has 6 heteroatoms. The Hall–Kier alpha value is -0.880. The molecule has 0 atom stereocenters. The van der Waals surface area contributed by atoms with Crippen molar-refractivity contribution in [1.29, 1.82) is 0 Å². The molecular formula is C7H12N2O3S. The van der Waals surface area contributed by atoms with E-state index in [0.29, 0.717) is 0 Å². The molecule has 13 heavy (non-hydrogen) atoms. The Kier molecular flexibility index (Phi) is 3.44. The molecule has 1 heterocycles. The lowest BCUT2D eigenvalue weighted by atomic mass is 10.4. The van der Waals surface area contributed by atoms with E-state index in [0.717, 1.165) is 12.8 Å². The number of H-pyrrole nitrogens is 1. The Morgan fingerprint density at radius 2 is 2.38 bits per heavy atom. The van der Waals surface area contributed by atoms with E-state index in [-0.39, 0.29) is 11.8 Å². The molecule has 0 unspecified atom stereocenters. The van der Waals surface area contributed by atoms with Crippen LogP contribution in [0.15, 0.2) is 17.6 Å². The summed E-state index contributed by atoms with van der Waals surface area (Å²) in [6.07, 6.45) is 4.43. The van der Waals surface area contributed by atoms with Crippen LogP contribution in [0.2, 0.25) is 0 Å². The van der Waals surface area contributed by atoms with Crippen LogP contribution < -0.4 is 0 Å². The molecule has 0 saturated carbocycles. The van der Waals surface area contributed by atoms with E-state index < -0.39 is 10.1 Å². The van der Waals surface area contributed by atoms with E-state index >= 15 is 0 Å². The zero-order valence-electron chi connectivity index (χ0n) is 7.36. The van der Waals surface area contributed by atoms with Gasteiger partial charge in [-0.1, -0.05) is 13.3 Å². The second kappa shape index (κ2) is 4.38. The Labute approximate surface area is 77.3 Å². The standard InChI is InChI=1S/C7H12N2O3S/c1-2-3-6-12-13(10,11)7-8-4-5-9-7/h4-5H,2-3,6H2,1H3,(H,8,9). The van der Waals surface area contributed by atoms with Crippen LogP contribution in [0.5, 0.6) is 0 Å². The highest BCUT2D eigenvalue weighted by Crippen LogP contribution is 2.05. The third-order valence-electron chi connectivity index (χ3n) is 1.45. The average molecular weight is 204 g/mol. The van der Waals surface area contributed by atoms with Gasteiger partial charge >= 0.3 is 10.1 Å². The van der Waals surface area contributed by atoms with E-state index in [2.05, 4.69) is 9.97 Å². The summed E-state index contributed by atoms with van der Waals surface area (Å²) in [6, 6.07) is 0. The molecule has 0 amide bonds. The molecular weight excluding hydrogens is 192 g/mol. The number of rotatable bonds is 5. The van der Waals surface area contributed by atoms with Crippen molar-refractivity contribution in [3.05, 3.63) is 12.4 Å². The van der Waals surface area contributed by atoms with Gasteiger partial charge in [0.05, 0.1) is 6.61 Å². The molecule has 0 bridgehead atoms. The first-order chi connectivity index (χ1) is 6.17. The molecule has 74 valence electrons. The van der Waals surface area contributed by atoms with Gasteiger partial charge in [-0.25, -0.2) is 4.98 Å². The summed E-state index contributed by atoms with van der Waals surface area (Å²) in [5, 5.41) is -0.136. The monoisotopic (exact) mass is 204 g/mol. The lowest BCUT2D eigenvalue weighted by molar-refractivity contribution is 0.308. The highest BCUT2D eigenvalue weighted by atomic mass is 32.2. The van der Waals surface area contributed by atoms with Crippen LogP contribution in [0.1, 0.15) is 19.8 Å². The van der Waals surface area contributed by atoms with Crippen molar-refractivity contribution in [3.8, 4) is 0 Å². The minimum Gasteiger partial charge on any atom is -0.334 e. The first kappa shape index (κ1) is 10.2. The van der Waals surface area contributed by atoms with E-state index in [1.54, 1.807) is 0 Å². The second-order valence-electron chi connectivity index (χ2n) is 2.52. The first-order valence-electron chi connectivity index (χ1n) is 4.05. The fourth-order valence-electron chi connectivity index (χ4n) is 0.756. The number of aromatic nitrogens is 2. The molecule has 0 aromatic carbocycles. The van der Waals surface area contributed by atoms with Crippen LogP contribution in [0.3, 0.4) is 0 Å². The number of imidazole rings is 1. The Bertz CT molecular complexity index is 331. The molecule has 5 nitrogen and oxygen atoms in total. The Morgan fingerprint density at radius 3 is 2.92 bits per heavy atom. The summed E-state index contributed by atoms with van der Waals surface area (Å²) >= 11 is 0. The molecule has 1 N–H and O–H groups in total. The van der Waals surface area contributed by atoms with Crippen LogP contribution in [0.25, 0.3) is 0 Å². The van der Waals surface area contributed by atoms with Gasteiger partial charge in [-0.05, 0) is 6.42 Å². The van der Waals surface area contributed by atoms with Crippen molar-refractivity contribution in [1.82, 2.24) is 9.97 Å². The molecule has 0 aliphatic rings. The van der Waals surface area contributed by atoms with Crippen molar-refractivity contribution in [2.45, 2.75) is 24.9 Å². The summed E-state index contributed by atoms with van der Waals surface area (Å²) < 4.78 is 27.2. The smallest absolute Gasteiger partial charge is 0.331 e. The van der Waals surface area contributed by atoms with Gasteiger partial charge in [0.1, 0.15) is 0 Å². The quantitative estimate of drug-likeness (QED) is 0.571. The third-order valence-corrected chi connectivity index (χ3v) is 2.62. The van der Waals surface area contributed by atoms with E-state index in [1.165, 1.54) is 12.4 Å². The maximum absolute atomic E-state index is 11.3. The molecule has 0 fully saturated rings. The van der Waals surface area contributed by atoms with Crippen LogP contribution in [-0.4, -0.2) is 25.0 Å². The first-order valence-corrected chi connectivity index (χ1v) is 5.46. The maximum atomic E-state index is 11.3. The molecule has 0 radical (unpaired) electrons. The van der Waals surface area contributed by atoms with E-state index in [4.69, 9.17) is 4.18 Å². The number of unbranched alkanes of at least 4 members (excludes halogenated alkanes) is 1. The van der Waals surface area contributed by atoms with Gasteiger partial charge in [0.15, 0.2) is 0 Å². The number of nitrogens with zero attached hydrogens (tertiary/aromatic N) is 1. The average Bonchev–Trinajstić information content (AvgIpc) is 2.56. The SMILES string of the molecule is CCCCOS(=O)(=O)c1ncc[nH]1. The second-order valence-corrected chi connectivity index (χ2v) is 4.05. The van der Waals surface area contributed by atoms with Gasteiger partial charge in [0.2, 0.25) is 0 Å². The van der Waals surface area contributed by atoms with Crippen molar-refractivity contribution in [3.63, 3.8) is 0 Å². The predicted octanol–water partition coefficient (Wildman–Crippen LogP) is 0.915. The zero-order valence-corrected chi connectivity index (χ0v) is 8.17. The highest BCUT2D eigenvalue weighted by Gasteiger charge is 2.16. The topological polar surface area (TPSA) is 72.1 Å². The normalized spacial score (nSPS) is 11.8. The third kappa shape index (κ3) is 2.82. The lowest BCUT2D eigenvalue weighted by Gasteiger charge is -2.00. The summed E-state index contributed by atoms with van der Waals surface area (Å²) in [5.41, 5.74) is 0. The summed E-state index contributed by atoms with van der Waals surface area (Å²) in [5.74, 6) is 0. The van der Waals surface area contributed by atoms with Crippen molar-refractivity contribution >= 4 is 10.1 Å². The van der Waals surface area contributed by atoms with Gasteiger partial charge in [-0.3, -0.25) is 4.18 Å². The number of nitrogens with one attached hydrogen (secondary N) is 1. The predicted molar refractivity (Wildman–Crippen MR) is 46.6 cm³/mol. The zero-order chi connectivity index (χ0) is 9.73. The summed E-state index contributed by atoms with van der Waals surface area (Å²) in [6.45, 7) is 2.17. The number of hydrogen-bond acceptors (Lipinski definition) is 4. The minimum absolute atomic E-state index is 0.136. The Morgan fingerprint density at radius 1 is 1.62 bits per heavy atom. The van der Waals surface area contributed by atoms with Crippen molar-refractivity contribution in [2.24, 2.45) is 0 Å². The van der Waals surface area contributed by atoms with E-state index in [9.17, 15) is 8.42 Å². The van der Waals surface area contributed by atoms with Gasteiger partial charge in [-0.2, -0.15) is 8.42 Å². The Balaban J connectivity index is 2.58. The fourth-order valence-corrected chi connectivity index (χ4v) is 1.61. The molecule has 1 rings (SSSR count).